The third kappa shape index (κ3) is 3.84. The first kappa shape index (κ1) is 15.5. The molecule has 3 nitrogen and oxygen atoms in total. The zero-order valence-corrected chi connectivity index (χ0v) is 12.8. The van der Waals surface area contributed by atoms with Crippen LogP contribution in [0.2, 0.25) is 5.02 Å². The van der Waals surface area contributed by atoms with Gasteiger partial charge < -0.3 is 9.47 Å². The quantitative estimate of drug-likeness (QED) is 0.599. The van der Waals surface area contributed by atoms with E-state index in [1.807, 2.05) is 19.1 Å². The van der Waals surface area contributed by atoms with E-state index in [9.17, 15) is 4.79 Å². The molecule has 0 amide bonds. The van der Waals surface area contributed by atoms with Crippen molar-refractivity contribution in [1.82, 2.24) is 0 Å². The lowest BCUT2D eigenvalue weighted by Crippen LogP contribution is -2.09. The van der Waals surface area contributed by atoms with E-state index in [-0.39, 0.29) is 5.78 Å². The Balaban J connectivity index is 2.30. The van der Waals surface area contributed by atoms with Gasteiger partial charge in [-0.3, -0.25) is 4.79 Å². The van der Waals surface area contributed by atoms with Crippen molar-refractivity contribution >= 4 is 17.4 Å². The minimum atomic E-state index is -0.145. The van der Waals surface area contributed by atoms with Crippen molar-refractivity contribution in [1.29, 1.82) is 0 Å². The summed E-state index contributed by atoms with van der Waals surface area (Å²) in [6.07, 6.45) is 0. The van der Waals surface area contributed by atoms with Gasteiger partial charge in [0.25, 0.3) is 0 Å². The number of methoxy groups -OCH3 is 1. The van der Waals surface area contributed by atoms with E-state index in [2.05, 4.69) is 0 Å². The number of aryl methyl sites for hydroxylation is 1. The highest BCUT2D eigenvalue weighted by molar-refractivity contribution is 6.35. The first-order chi connectivity index (χ1) is 10.1. The molecule has 2 aromatic carbocycles. The number of carbonyl (C=O) groups is 1. The van der Waals surface area contributed by atoms with E-state index >= 15 is 0 Å². The molecule has 0 spiro atoms. The Labute approximate surface area is 129 Å². The molecule has 0 fully saturated rings. The van der Waals surface area contributed by atoms with Crippen LogP contribution in [0, 0.1) is 6.92 Å². The summed E-state index contributed by atoms with van der Waals surface area (Å²) in [5.74, 6) is 0.393. The predicted octanol–water partition coefficient (Wildman–Crippen LogP) is 3.90. The van der Waals surface area contributed by atoms with Crippen LogP contribution in [0.15, 0.2) is 42.5 Å². The number of rotatable bonds is 6. The van der Waals surface area contributed by atoms with E-state index in [1.54, 1.807) is 37.4 Å². The summed E-state index contributed by atoms with van der Waals surface area (Å²) in [7, 11) is 1.60. The third-order valence-electron chi connectivity index (χ3n) is 3.05. The number of halogens is 1. The fourth-order valence-electron chi connectivity index (χ4n) is 1.96. The van der Waals surface area contributed by atoms with Crippen molar-refractivity contribution in [2.24, 2.45) is 0 Å². The summed E-state index contributed by atoms with van der Waals surface area (Å²) in [5.41, 5.74) is 1.99. The highest BCUT2D eigenvalue weighted by Gasteiger charge is 2.17. The fourth-order valence-corrected chi connectivity index (χ4v) is 2.29. The SMILES string of the molecule is COCCOc1ccccc1C(=O)c1ccc(C)cc1Cl. The van der Waals surface area contributed by atoms with Gasteiger partial charge in [-0.15, -0.1) is 0 Å². The molecule has 2 aromatic rings. The molecule has 0 saturated heterocycles. The van der Waals surface area contributed by atoms with Gasteiger partial charge in [0.15, 0.2) is 5.78 Å². The Bertz CT molecular complexity index is 638. The minimum Gasteiger partial charge on any atom is -0.490 e. The van der Waals surface area contributed by atoms with Crippen molar-refractivity contribution in [3.05, 3.63) is 64.2 Å². The topological polar surface area (TPSA) is 35.5 Å². The van der Waals surface area contributed by atoms with Gasteiger partial charge in [0.2, 0.25) is 0 Å². The van der Waals surface area contributed by atoms with Gasteiger partial charge in [-0.25, -0.2) is 0 Å². The molecule has 0 bridgehead atoms. The number of carbonyl (C=O) groups excluding carboxylic acids is 1. The van der Waals surface area contributed by atoms with Crippen molar-refractivity contribution in [3.63, 3.8) is 0 Å². The Kier molecular flexibility index (Phi) is 5.37. The second kappa shape index (κ2) is 7.25. The number of ether oxygens (including phenoxy) is 2. The van der Waals surface area contributed by atoms with Gasteiger partial charge in [0, 0.05) is 12.7 Å². The lowest BCUT2D eigenvalue weighted by atomic mass is 10.0. The summed E-state index contributed by atoms with van der Waals surface area (Å²) >= 11 is 6.17. The fraction of sp³-hybridized carbons (Fsp3) is 0.235. The summed E-state index contributed by atoms with van der Waals surface area (Å²) in [6.45, 7) is 2.79. The Hall–Kier alpha value is -1.84. The molecule has 2 rings (SSSR count). The van der Waals surface area contributed by atoms with E-state index in [0.717, 1.165) is 5.56 Å². The maximum absolute atomic E-state index is 12.6. The molecule has 4 heteroatoms. The smallest absolute Gasteiger partial charge is 0.198 e. The van der Waals surface area contributed by atoms with Crippen molar-refractivity contribution in [2.75, 3.05) is 20.3 Å². The summed E-state index contributed by atoms with van der Waals surface area (Å²) in [5, 5.41) is 0.451. The maximum atomic E-state index is 12.6. The van der Waals surface area contributed by atoms with Gasteiger partial charge in [0.05, 0.1) is 17.2 Å². The Morgan fingerprint density at radius 3 is 2.57 bits per heavy atom. The van der Waals surface area contributed by atoms with Gasteiger partial charge in [0.1, 0.15) is 12.4 Å². The zero-order valence-electron chi connectivity index (χ0n) is 12.1. The molecule has 0 heterocycles. The molecular weight excluding hydrogens is 288 g/mol. The first-order valence-electron chi connectivity index (χ1n) is 6.65. The van der Waals surface area contributed by atoms with E-state index < -0.39 is 0 Å². The highest BCUT2D eigenvalue weighted by atomic mass is 35.5. The normalized spacial score (nSPS) is 10.4. The molecule has 0 atom stereocenters. The second-order valence-electron chi connectivity index (χ2n) is 4.65. The average molecular weight is 305 g/mol. The standard InChI is InChI=1S/C17H17ClO3/c1-12-7-8-13(15(18)11-12)17(19)14-5-3-4-6-16(14)21-10-9-20-2/h3-8,11H,9-10H2,1-2H3. The van der Waals surface area contributed by atoms with Crippen LogP contribution in [0.3, 0.4) is 0 Å². The van der Waals surface area contributed by atoms with Crippen molar-refractivity contribution < 1.29 is 14.3 Å². The molecule has 0 N–H and O–H groups in total. The number of hydrogen-bond donors (Lipinski definition) is 0. The van der Waals surface area contributed by atoms with Crippen molar-refractivity contribution in [2.45, 2.75) is 6.92 Å². The average Bonchev–Trinajstić information content (AvgIpc) is 2.47. The van der Waals surface area contributed by atoms with Gasteiger partial charge in [-0.2, -0.15) is 0 Å². The molecular formula is C17H17ClO3. The molecule has 0 radical (unpaired) electrons. The molecule has 0 aliphatic heterocycles. The zero-order chi connectivity index (χ0) is 15.2. The third-order valence-corrected chi connectivity index (χ3v) is 3.36. The largest absolute Gasteiger partial charge is 0.490 e. The number of benzene rings is 2. The van der Waals surface area contributed by atoms with Gasteiger partial charge >= 0.3 is 0 Å². The lowest BCUT2D eigenvalue weighted by molar-refractivity contribution is 0.103. The molecule has 0 saturated carbocycles. The van der Waals surface area contributed by atoms with Crippen LogP contribution in [0.1, 0.15) is 21.5 Å². The summed E-state index contributed by atoms with van der Waals surface area (Å²) in [4.78, 5) is 12.6. The maximum Gasteiger partial charge on any atom is 0.198 e. The highest BCUT2D eigenvalue weighted by Crippen LogP contribution is 2.26. The molecule has 0 aliphatic carbocycles. The Morgan fingerprint density at radius 1 is 1.10 bits per heavy atom. The molecule has 0 aromatic heterocycles. The van der Waals surface area contributed by atoms with Crippen LogP contribution in [0.5, 0.6) is 5.75 Å². The lowest BCUT2D eigenvalue weighted by Gasteiger charge is -2.11. The van der Waals surface area contributed by atoms with Crippen LogP contribution in [0.25, 0.3) is 0 Å². The second-order valence-corrected chi connectivity index (χ2v) is 5.06. The molecule has 0 unspecified atom stereocenters. The number of hydrogen-bond acceptors (Lipinski definition) is 3. The van der Waals surface area contributed by atoms with Gasteiger partial charge in [-0.05, 0) is 36.8 Å². The van der Waals surface area contributed by atoms with E-state index in [0.29, 0.717) is 35.1 Å². The molecule has 21 heavy (non-hydrogen) atoms. The minimum absolute atomic E-state index is 0.145. The molecule has 110 valence electrons. The van der Waals surface area contributed by atoms with E-state index in [1.165, 1.54) is 0 Å². The number of para-hydroxylation sites is 1. The Morgan fingerprint density at radius 2 is 1.86 bits per heavy atom. The van der Waals surface area contributed by atoms with Crippen molar-refractivity contribution in [3.8, 4) is 5.75 Å². The molecule has 0 aliphatic rings. The van der Waals surface area contributed by atoms with Gasteiger partial charge in [-0.1, -0.05) is 29.8 Å². The van der Waals surface area contributed by atoms with Crippen LogP contribution >= 0.6 is 11.6 Å². The van der Waals surface area contributed by atoms with Crippen LogP contribution in [-0.2, 0) is 4.74 Å². The summed E-state index contributed by atoms with van der Waals surface area (Å²) in [6, 6.07) is 12.5. The van der Waals surface area contributed by atoms with Crippen LogP contribution in [-0.4, -0.2) is 26.1 Å². The summed E-state index contributed by atoms with van der Waals surface area (Å²) < 4.78 is 10.5. The first-order valence-corrected chi connectivity index (χ1v) is 7.03. The van der Waals surface area contributed by atoms with Crippen LogP contribution in [0.4, 0.5) is 0 Å². The predicted molar refractivity (Wildman–Crippen MR) is 83.4 cm³/mol. The monoisotopic (exact) mass is 304 g/mol. The van der Waals surface area contributed by atoms with E-state index in [4.69, 9.17) is 21.1 Å². The number of ketones is 1. The van der Waals surface area contributed by atoms with Crippen LogP contribution < -0.4 is 4.74 Å².